The van der Waals surface area contributed by atoms with Crippen LogP contribution in [0, 0.1) is 5.41 Å². The minimum absolute atomic E-state index is 0.136. The van der Waals surface area contributed by atoms with Crippen LogP contribution in [0.4, 0.5) is 11.4 Å². The van der Waals surface area contributed by atoms with Crippen LogP contribution < -0.4 is 88.8 Å². The van der Waals surface area contributed by atoms with Gasteiger partial charge >= 0.3 is 0 Å². The quantitative estimate of drug-likeness (QED) is 0.0217. The van der Waals surface area contributed by atoms with Gasteiger partial charge in [0.15, 0.2) is 23.8 Å². The number of aliphatic imine (C=N–C) groups is 4. The predicted molar refractivity (Wildman–Crippen MR) is 241 cm³/mol. The molecule has 6 unspecified atom stereocenters. The lowest BCUT2D eigenvalue weighted by Crippen LogP contribution is -2.58. The van der Waals surface area contributed by atoms with Crippen molar-refractivity contribution in [2.45, 2.75) is 64.1 Å². The van der Waals surface area contributed by atoms with Gasteiger partial charge in [-0.25, -0.2) is 20.0 Å². The number of amides is 6. The number of nitrogens with one attached hydrogen (secondary N) is 5. The van der Waals surface area contributed by atoms with Crippen molar-refractivity contribution in [1.82, 2.24) is 31.6 Å². The van der Waals surface area contributed by atoms with Gasteiger partial charge in [0.2, 0.25) is 36.8 Å². The van der Waals surface area contributed by atoms with Crippen LogP contribution in [0.15, 0.2) is 80.8 Å². The highest BCUT2D eigenvalue weighted by Gasteiger charge is 2.35. The van der Waals surface area contributed by atoms with Gasteiger partial charge < -0.3 is 93.9 Å². The van der Waals surface area contributed by atoms with Crippen molar-refractivity contribution < 1.29 is 33.9 Å². The topological polar surface area (TPSA) is 509 Å². The molecule has 0 radical (unpaired) electrons. The average molecular weight is 906 g/mol. The molecule has 0 saturated heterocycles. The van der Waals surface area contributed by atoms with Gasteiger partial charge in [-0.2, -0.15) is 0 Å². The number of guanidine groups is 4. The van der Waals surface area contributed by atoms with E-state index < -0.39 is 96.2 Å². The Morgan fingerprint density at radius 1 is 0.615 bits per heavy atom. The molecular formula is C37H55N21O7. The van der Waals surface area contributed by atoms with Crippen LogP contribution in [0.2, 0.25) is 0 Å². The molecule has 0 aliphatic heterocycles. The van der Waals surface area contributed by atoms with Crippen LogP contribution in [0.3, 0.4) is 0 Å². The first-order valence-corrected chi connectivity index (χ1v) is 19.2. The third-order valence-electron chi connectivity index (χ3n) is 8.67. The fourth-order valence-electron chi connectivity index (χ4n) is 5.64. The molecule has 0 aliphatic rings. The van der Waals surface area contributed by atoms with Crippen molar-refractivity contribution in [3.8, 4) is 0 Å². The normalized spacial score (nSPS) is 13.7. The van der Waals surface area contributed by atoms with Crippen molar-refractivity contribution in [3.05, 3.63) is 66.4 Å². The van der Waals surface area contributed by atoms with E-state index in [2.05, 4.69) is 40.9 Å². The lowest BCUT2D eigenvalue weighted by atomic mass is 9.92. The number of aromatic nitrogens is 1. The summed E-state index contributed by atoms with van der Waals surface area (Å²) in [6, 6.07) is 12.8. The first-order chi connectivity index (χ1) is 30.4. The van der Waals surface area contributed by atoms with Crippen LogP contribution in [-0.2, 0) is 28.8 Å². The molecule has 3 aromatic rings. The minimum atomic E-state index is -2.13. The van der Waals surface area contributed by atoms with Crippen LogP contribution in [0.1, 0.15) is 38.8 Å². The second-order valence-electron chi connectivity index (χ2n) is 15.1. The molecule has 6 amide bonds. The zero-order chi connectivity index (χ0) is 48.8. The SMILES string of the molecule is CC(C)(C)CCN(c1ccc2ncccc2c1N)C(O)C(=O)NC(C(=O)NC(N=C(N)N)C(=O)NC(N=C(N)N)C(=O)NC(N=C(N)N)C(=O)NC(N=C(N)N)C(N)=O)c1ccccc1. The van der Waals surface area contributed by atoms with E-state index in [1.165, 1.54) is 17.0 Å². The first kappa shape index (κ1) is 50.7. The predicted octanol–water partition coefficient (Wildman–Crippen LogP) is -6.42. The number of benzene rings is 2. The maximum absolute atomic E-state index is 14.2. The Hall–Kier alpha value is -8.69. The lowest BCUT2D eigenvalue weighted by molar-refractivity contribution is -0.136. The summed E-state index contributed by atoms with van der Waals surface area (Å²) in [5, 5.41) is 23.2. The van der Waals surface area contributed by atoms with Gasteiger partial charge in [0, 0.05) is 18.1 Å². The molecule has 65 heavy (non-hydrogen) atoms. The smallest absolute Gasteiger partial charge is 0.270 e. The third kappa shape index (κ3) is 15.3. The molecule has 350 valence electrons. The molecule has 28 nitrogen and oxygen atoms in total. The largest absolute Gasteiger partial charge is 0.396 e. The molecule has 0 saturated carbocycles. The number of hydrogen-bond donors (Lipinski definition) is 16. The van der Waals surface area contributed by atoms with E-state index in [1.54, 1.807) is 48.7 Å². The molecule has 0 aliphatic carbocycles. The summed E-state index contributed by atoms with van der Waals surface area (Å²) in [5.74, 6) is -10.3. The number of fused-ring (bicyclic) bond motifs is 1. The second kappa shape index (κ2) is 22.4. The molecule has 28 heteroatoms. The Labute approximate surface area is 371 Å². The standard InChI is InChI=1S/C37H55N21O7/c1-37(2,3)13-15-58(19-12-11-18-17(20(19)38)10-7-14-48-18)32(65)31(64)49-21(16-8-5-4-6-9-16)27(60)51-24(55-34(42)43)29(62)53-26(57-36(46)47)30(63)52-25(56-35(44)45)28(61)50-23(22(39)59)54-33(40)41/h4-12,14,21,23-26,32,65H,13,15,38H2,1-3H3,(H2,39,59)(H,49,64)(H,50,61)(H,51,60)(H,52,63)(H,53,62)(H4,40,41,54)(H4,42,43,55)(H4,44,45,56)(H4,46,47,57). The zero-order valence-corrected chi connectivity index (χ0v) is 35.5. The molecule has 0 spiro atoms. The third-order valence-corrected chi connectivity index (χ3v) is 8.67. The zero-order valence-electron chi connectivity index (χ0n) is 35.5. The van der Waals surface area contributed by atoms with Crippen molar-refractivity contribution in [2.24, 2.45) is 77.0 Å². The highest BCUT2D eigenvalue weighted by molar-refractivity contribution is 6.00. The van der Waals surface area contributed by atoms with E-state index in [4.69, 9.17) is 57.3 Å². The minimum Gasteiger partial charge on any atom is -0.396 e. The van der Waals surface area contributed by atoms with Crippen LogP contribution in [0.25, 0.3) is 10.9 Å². The number of nitrogens with zero attached hydrogens (tertiary/aromatic N) is 6. The van der Waals surface area contributed by atoms with E-state index in [0.717, 1.165) is 0 Å². The van der Waals surface area contributed by atoms with E-state index in [1.807, 2.05) is 31.4 Å². The monoisotopic (exact) mass is 905 g/mol. The molecule has 0 fully saturated rings. The van der Waals surface area contributed by atoms with Gasteiger partial charge in [-0.15, -0.1) is 0 Å². The number of primary amides is 1. The number of rotatable bonds is 20. The first-order valence-electron chi connectivity index (χ1n) is 19.2. The van der Waals surface area contributed by atoms with Crippen LogP contribution in [-0.4, -0.2) is 107 Å². The summed E-state index contributed by atoms with van der Waals surface area (Å²) in [4.78, 5) is 100. The lowest BCUT2D eigenvalue weighted by Gasteiger charge is -2.33. The van der Waals surface area contributed by atoms with E-state index in [9.17, 15) is 33.9 Å². The molecule has 0 bridgehead atoms. The Morgan fingerprint density at radius 3 is 1.54 bits per heavy atom. The Morgan fingerprint density at radius 2 is 1.08 bits per heavy atom. The van der Waals surface area contributed by atoms with Crippen molar-refractivity contribution in [1.29, 1.82) is 0 Å². The van der Waals surface area contributed by atoms with Gasteiger partial charge in [-0.1, -0.05) is 51.1 Å². The van der Waals surface area contributed by atoms with Gasteiger partial charge in [-0.3, -0.25) is 33.8 Å². The van der Waals surface area contributed by atoms with Gasteiger partial charge in [0.25, 0.3) is 29.5 Å². The summed E-state index contributed by atoms with van der Waals surface area (Å²) in [6.45, 7) is 6.05. The van der Waals surface area contributed by atoms with Gasteiger partial charge in [0.05, 0.1) is 16.9 Å². The molecule has 26 N–H and O–H groups in total. The average Bonchev–Trinajstić information content (AvgIpc) is 3.21. The summed E-state index contributed by atoms with van der Waals surface area (Å²) in [5.41, 5.74) is 56.5. The van der Waals surface area contributed by atoms with E-state index in [0.29, 0.717) is 23.0 Å². The number of aliphatic hydroxyl groups is 1. The van der Waals surface area contributed by atoms with Gasteiger partial charge in [0.1, 0.15) is 6.04 Å². The molecular weight excluding hydrogens is 851 g/mol. The summed E-state index contributed by atoms with van der Waals surface area (Å²) in [7, 11) is 0. The Balaban J connectivity index is 1.96. The fourth-order valence-corrected chi connectivity index (χ4v) is 5.64. The molecule has 3 rings (SSSR count). The maximum Gasteiger partial charge on any atom is 0.270 e. The molecule has 6 atom stereocenters. The number of nitrogen functional groups attached to an aromatic ring is 1. The Bertz CT molecular complexity index is 2330. The van der Waals surface area contributed by atoms with Crippen LogP contribution in [0.5, 0.6) is 0 Å². The van der Waals surface area contributed by atoms with Gasteiger partial charge in [-0.05, 0) is 41.7 Å². The van der Waals surface area contributed by atoms with Crippen LogP contribution >= 0.6 is 0 Å². The number of hydrogen-bond acceptors (Lipinski definition) is 14. The summed E-state index contributed by atoms with van der Waals surface area (Å²) in [6.07, 6.45) is -7.97. The van der Waals surface area contributed by atoms with Crippen molar-refractivity contribution in [2.75, 3.05) is 17.2 Å². The number of aliphatic hydroxyl groups excluding tert-OH is 1. The highest BCUT2D eigenvalue weighted by atomic mass is 16.3. The second-order valence-corrected chi connectivity index (χ2v) is 15.1. The van der Waals surface area contributed by atoms with E-state index in [-0.39, 0.29) is 23.2 Å². The number of carbonyl (C=O) groups excluding carboxylic acids is 6. The Kier molecular flexibility index (Phi) is 17.5. The van der Waals surface area contributed by atoms with Crippen molar-refractivity contribution >= 4 is 81.6 Å². The highest BCUT2D eigenvalue weighted by Crippen LogP contribution is 2.33. The summed E-state index contributed by atoms with van der Waals surface area (Å²) < 4.78 is 0. The number of anilines is 2. The van der Waals surface area contributed by atoms with Crippen molar-refractivity contribution in [3.63, 3.8) is 0 Å². The number of pyridine rings is 1. The fraction of sp³-hybridized carbons (Fsp3) is 0.324. The number of carbonyl (C=O) groups is 6. The maximum atomic E-state index is 14.2. The molecule has 2 aromatic carbocycles. The molecule has 1 aromatic heterocycles. The number of nitrogens with two attached hydrogens (primary N) is 10. The molecule has 1 heterocycles. The van der Waals surface area contributed by atoms with E-state index >= 15 is 0 Å². The summed E-state index contributed by atoms with van der Waals surface area (Å²) >= 11 is 0.